The molecule has 3 saturated heterocycles. The van der Waals surface area contributed by atoms with Crippen molar-refractivity contribution in [3.8, 4) is 0 Å². The summed E-state index contributed by atoms with van der Waals surface area (Å²) in [6.45, 7) is 0. The molecule has 15 heteroatoms. The minimum absolute atomic E-state index is 0.00858. The Morgan fingerprint density at radius 1 is 0.303 bits per heavy atom. The van der Waals surface area contributed by atoms with Crippen LogP contribution in [0.2, 0.25) is 0 Å². The Morgan fingerprint density at radius 3 is 0.987 bits per heavy atom. The molecule has 0 aromatic rings. The van der Waals surface area contributed by atoms with E-state index in [1.807, 2.05) is 0 Å². The summed E-state index contributed by atoms with van der Waals surface area (Å²) >= 11 is 0. The van der Waals surface area contributed by atoms with Gasteiger partial charge in [0.25, 0.3) is 0 Å². The van der Waals surface area contributed by atoms with Crippen LogP contribution in [0.5, 0.6) is 0 Å². The molecule has 3 aliphatic heterocycles. The van der Waals surface area contributed by atoms with Gasteiger partial charge in [-0.05, 0) is 199 Å². The van der Waals surface area contributed by atoms with Gasteiger partial charge in [-0.2, -0.15) is 0 Å². The van der Waals surface area contributed by atoms with Crippen molar-refractivity contribution in [2.45, 2.75) is 298 Å². The Balaban J connectivity index is 0.575. The van der Waals surface area contributed by atoms with Gasteiger partial charge in [-0.3, -0.25) is 48.3 Å². The number of nitrogens with zero attached hydrogens (tertiary/aromatic N) is 3. The summed E-state index contributed by atoms with van der Waals surface area (Å²) in [7, 11) is 0. The fourth-order valence-electron chi connectivity index (χ4n) is 17.8. The summed E-state index contributed by atoms with van der Waals surface area (Å²) in [5, 5.41) is 3.39. The van der Waals surface area contributed by atoms with E-state index < -0.39 is 5.92 Å². The molecule has 9 aliphatic carbocycles. The Bertz CT molecular complexity index is 2130. The lowest BCUT2D eigenvalue weighted by molar-refractivity contribution is -0.148. The first-order valence-corrected chi connectivity index (χ1v) is 31.6. The van der Waals surface area contributed by atoms with E-state index in [-0.39, 0.29) is 150 Å². The zero-order chi connectivity index (χ0) is 52.0. The topological polar surface area (TPSA) is 178 Å². The molecular weight excluding hydrogens is 965 g/mol. The second-order valence-electron chi connectivity index (χ2n) is 26.5. The Kier molecular flexibility index (Phi) is 16.5. The molecule has 9 saturated carbocycles. The molecule has 76 heavy (non-hydrogen) atoms. The average molecular weight is 1060 g/mol. The van der Waals surface area contributed by atoms with Gasteiger partial charge >= 0.3 is 0 Å². The molecule has 3 heterocycles. The maximum absolute atomic E-state index is 14.3. The number of likely N-dealkylation sites (tertiary alicyclic amines) is 3. The van der Waals surface area contributed by atoms with Crippen LogP contribution in [-0.2, 0) is 52.5 Å². The molecule has 0 aromatic heterocycles. The number of imide groups is 3. The number of hydrogen-bond acceptors (Lipinski definition) is 11. The van der Waals surface area contributed by atoms with Crippen LogP contribution in [0, 0.1) is 41.4 Å². The predicted molar refractivity (Wildman–Crippen MR) is 280 cm³/mol. The number of ether oxygens (including phenoxy) is 4. The van der Waals surface area contributed by atoms with Crippen LogP contribution in [0.4, 0.5) is 0 Å². The van der Waals surface area contributed by atoms with Crippen LogP contribution in [0.15, 0.2) is 0 Å². The van der Waals surface area contributed by atoms with E-state index in [0.29, 0.717) is 25.7 Å². The molecule has 0 radical (unpaired) electrons. The molecule has 12 fully saturated rings. The highest BCUT2D eigenvalue weighted by Gasteiger charge is 2.55. The predicted octanol–water partition coefficient (Wildman–Crippen LogP) is 8.79. The highest BCUT2D eigenvalue weighted by atomic mass is 16.5. The van der Waals surface area contributed by atoms with E-state index in [2.05, 4.69) is 5.32 Å². The number of carbonyl (C=O) groups is 7. The highest BCUT2D eigenvalue weighted by Crippen LogP contribution is 2.46. The second-order valence-corrected chi connectivity index (χ2v) is 26.5. The van der Waals surface area contributed by atoms with Crippen molar-refractivity contribution in [2.24, 2.45) is 41.4 Å². The number of rotatable bonds is 13. The summed E-state index contributed by atoms with van der Waals surface area (Å²) in [5.41, 5.74) is 0. The van der Waals surface area contributed by atoms with Crippen molar-refractivity contribution in [3.63, 3.8) is 0 Å². The molecular formula is C61H90N4O11. The van der Waals surface area contributed by atoms with Crippen LogP contribution in [0.1, 0.15) is 225 Å². The van der Waals surface area contributed by atoms with Crippen molar-refractivity contribution < 1.29 is 52.5 Å². The molecule has 420 valence electrons. The third kappa shape index (κ3) is 11.1. The highest BCUT2D eigenvalue weighted by molar-refractivity contribution is 6.07. The molecule has 1 N–H and O–H groups in total. The number of nitrogens with one attached hydrogen (secondary N) is 1. The minimum atomic E-state index is -0.447. The third-order valence-electron chi connectivity index (χ3n) is 21.6. The standard InChI is InChI=1S/C61H90N4O11/c66-55(62-37-11-5-15-41(30-37)73-45-19-9-20-46(34-45)74-42-16-6-12-38(31-42)63-56(67)49-23-1-2-24-50(49)57(63)68)36-27-28-53-54(29-36)61(72)65(60(53)71)40-14-8-18-44(33-40)76-48-22-10-21-47(35-48)75-43-17-7-13-39(32-43)64-58(69)51-25-3-4-26-52(51)59(64)70/h36-54H,1-35H2,(H,62,66). The van der Waals surface area contributed by atoms with Gasteiger partial charge in [-0.25, -0.2) is 0 Å². The molecule has 7 amide bonds. The van der Waals surface area contributed by atoms with E-state index in [1.54, 1.807) is 14.7 Å². The number of fused-ring (bicyclic) bond motifs is 3. The lowest BCUT2D eigenvalue weighted by Gasteiger charge is -2.39. The van der Waals surface area contributed by atoms with Crippen LogP contribution in [0.3, 0.4) is 0 Å². The first kappa shape index (κ1) is 53.4. The zero-order valence-electron chi connectivity index (χ0n) is 45.6. The smallest absolute Gasteiger partial charge is 0.233 e. The molecule has 19 atom stereocenters. The van der Waals surface area contributed by atoms with Gasteiger partial charge in [-0.1, -0.05) is 25.7 Å². The van der Waals surface area contributed by atoms with Gasteiger partial charge in [0, 0.05) is 30.1 Å². The van der Waals surface area contributed by atoms with Crippen LogP contribution in [-0.4, -0.2) is 129 Å². The molecule has 15 nitrogen and oxygen atoms in total. The van der Waals surface area contributed by atoms with Crippen LogP contribution < -0.4 is 5.32 Å². The monoisotopic (exact) mass is 1050 g/mol. The van der Waals surface area contributed by atoms with Gasteiger partial charge in [0.1, 0.15) is 0 Å². The van der Waals surface area contributed by atoms with Gasteiger partial charge in [-0.15, -0.1) is 0 Å². The SMILES string of the molecule is O=C(NC1CCCC(OC2CCCC(OC3CCCC(N4C(=O)C5CCCCC5C4=O)C3)C2)C1)C1CCC2C(=O)N(C3CCCC(OC4CCCC(OC5CCCC(N6C(=O)C7CCCCC7C6=O)C5)C4)C3)C(=O)C2C1. The van der Waals surface area contributed by atoms with E-state index in [0.717, 1.165) is 199 Å². The Labute approximate surface area is 451 Å². The van der Waals surface area contributed by atoms with E-state index >= 15 is 0 Å². The quantitative estimate of drug-likeness (QED) is 0.174. The van der Waals surface area contributed by atoms with Crippen molar-refractivity contribution in [2.75, 3.05) is 0 Å². The zero-order valence-corrected chi connectivity index (χ0v) is 45.6. The number of hydrogen-bond donors (Lipinski definition) is 1. The van der Waals surface area contributed by atoms with Crippen molar-refractivity contribution in [1.29, 1.82) is 0 Å². The van der Waals surface area contributed by atoms with Crippen LogP contribution in [0.25, 0.3) is 0 Å². The fraction of sp³-hybridized carbons (Fsp3) is 0.885. The first-order valence-electron chi connectivity index (χ1n) is 31.6. The third-order valence-corrected chi connectivity index (χ3v) is 21.6. The molecule has 0 bridgehead atoms. The summed E-state index contributed by atoms with van der Waals surface area (Å²) in [4.78, 5) is 101. The first-order chi connectivity index (χ1) is 37.0. The molecule has 0 aromatic carbocycles. The van der Waals surface area contributed by atoms with Crippen LogP contribution >= 0.6 is 0 Å². The van der Waals surface area contributed by atoms with E-state index in [9.17, 15) is 33.6 Å². The molecule has 19 unspecified atom stereocenters. The maximum atomic E-state index is 14.3. The largest absolute Gasteiger partial charge is 0.375 e. The van der Waals surface area contributed by atoms with Crippen molar-refractivity contribution in [3.05, 3.63) is 0 Å². The Morgan fingerprint density at radius 2 is 0.605 bits per heavy atom. The van der Waals surface area contributed by atoms with Crippen molar-refractivity contribution in [1.82, 2.24) is 20.0 Å². The summed E-state index contributed by atoms with van der Waals surface area (Å²) < 4.78 is 27.2. The van der Waals surface area contributed by atoms with Gasteiger partial charge in [0.05, 0.1) is 84.3 Å². The van der Waals surface area contributed by atoms with Crippen molar-refractivity contribution >= 4 is 41.4 Å². The maximum Gasteiger partial charge on any atom is 0.233 e. The average Bonchev–Trinajstić information content (AvgIpc) is 4.01. The minimum Gasteiger partial charge on any atom is -0.375 e. The fourth-order valence-corrected chi connectivity index (χ4v) is 17.8. The number of amides is 7. The summed E-state index contributed by atoms with van der Waals surface area (Å²) in [5.74, 6) is -1.38. The van der Waals surface area contributed by atoms with E-state index in [4.69, 9.17) is 18.9 Å². The number of carbonyl (C=O) groups excluding carboxylic acids is 7. The van der Waals surface area contributed by atoms with E-state index in [1.165, 1.54) is 0 Å². The molecule has 12 rings (SSSR count). The second kappa shape index (κ2) is 23.4. The summed E-state index contributed by atoms with van der Waals surface area (Å²) in [6.07, 6.45) is 31.2. The molecule has 0 spiro atoms. The summed E-state index contributed by atoms with van der Waals surface area (Å²) in [6, 6.07) is -0.264. The Hall–Kier alpha value is -3.27. The van der Waals surface area contributed by atoms with Gasteiger partial charge < -0.3 is 24.3 Å². The lowest BCUT2D eigenvalue weighted by Crippen LogP contribution is -2.46. The lowest BCUT2D eigenvalue weighted by atomic mass is 9.75. The van der Waals surface area contributed by atoms with Gasteiger partial charge in [0.15, 0.2) is 0 Å². The molecule has 12 aliphatic rings. The normalized spacial score (nSPS) is 43.5. The van der Waals surface area contributed by atoms with Gasteiger partial charge in [0.2, 0.25) is 41.4 Å².